The highest BCUT2D eigenvalue weighted by Gasteiger charge is 1.83. The molecule has 0 unspecified atom stereocenters. The summed E-state index contributed by atoms with van der Waals surface area (Å²) in [6, 6.07) is 0. The van der Waals surface area contributed by atoms with Gasteiger partial charge in [0.25, 0.3) is 0 Å². The van der Waals surface area contributed by atoms with E-state index in [9.17, 15) is 0 Å². The summed E-state index contributed by atoms with van der Waals surface area (Å²) >= 11 is 0. The SMILES string of the molecule is CCCCCC=C[B]C=CCCCCC. The Kier molecular flexibility index (Phi) is 13.1. The minimum Gasteiger partial charge on any atom is -0.121 e. The molecule has 0 bridgehead atoms. The Balaban J connectivity index is 3.14. The molecule has 0 saturated carbocycles. The Morgan fingerprint density at radius 3 is 1.60 bits per heavy atom. The number of hydrogen-bond donors (Lipinski definition) is 0. The largest absolute Gasteiger partial charge is 0.170 e. The highest BCUT2D eigenvalue weighted by molar-refractivity contribution is 6.48. The smallest absolute Gasteiger partial charge is 0.121 e. The molecule has 1 heteroatoms. The third-order valence-electron chi connectivity index (χ3n) is 2.44. The Morgan fingerprint density at radius 2 is 1.20 bits per heavy atom. The molecule has 0 aromatic heterocycles. The van der Waals surface area contributed by atoms with Crippen molar-refractivity contribution >= 4 is 7.28 Å². The molecule has 0 amide bonds. The average Bonchev–Trinajstić information content (AvgIpc) is 2.26. The van der Waals surface area contributed by atoms with Crippen LogP contribution in [0.3, 0.4) is 0 Å². The van der Waals surface area contributed by atoms with E-state index in [4.69, 9.17) is 0 Å². The van der Waals surface area contributed by atoms with Crippen LogP contribution in [0.1, 0.15) is 65.2 Å². The molecule has 0 fully saturated rings. The number of hydrogen-bond acceptors (Lipinski definition) is 0. The second-order valence-corrected chi connectivity index (χ2v) is 4.04. The fourth-order valence-corrected chi connectivity index (χ4v) is 1.44. The second kappa shape index (κ2) is 13.5. The van der Waals surface area contributed by atoms with Crippen LogP contribution in [-0.4, -0.2) is 7.28 Å². The van der Waals surface area contributed by atoms with Gasteiger partial charge in [-0.15, -0.1) is 12.0 Å². The summed E-state index contributed by atoms with van der Waals surface area (Å²) in [6.07, 6.45) is 15.0. The van der Waals surface area contributed by atoms with Crippen molar-refractivity contribution < 1.29 is 0 Å². The highest BCUT2D eigenvalue weighted by atomic mass is 13.9. The lowest BCUT2D eigenvalue weighted by molar-refractivity contribution is 0.729. The first-order valence-corrected chi connectivity index (χ1v) is 6.56. The molecule has 0 aromatic rings. The van der Waals surface area contributed by atoms with Gasteiger partial charge in [0.05, 0.1) is 0 Å². The third kappa shape index (κ3) is 13.5. The topological polar surface area (TPSA) is 0 Å². The first kappa shape index (κ1) is 14.5. The van der Waals surface area contributed by atoms with Crippen molar-refractivity contribution in [2.45, 2.75) is 65.2 Å². The molecule has 0 aromatic carbocycles. The van der Waals surface area contributed by atoms with Crippen LogP contribution < -0.4 is 0 Å². The zero-order chi connectivity index (χ0) is 11.2. The van der Waals surface area contributed by atoms with Gasteiger partial charge in [-0.3, -0.25) is 0 Å². The van der Waals surface area contributed by atoms with Crippen molar-refractivity contribution in [1.82, 2.24) is 0 Å². The van der Waals surface area contributed by atoms with E-state index in [0.717, 1.165) is 0 Å². The number of allylic oxidation sites excluding steroid dienone is 2. The van der Waals surface area contributed by atoms with Crippen molar-refractivity contribution in [1.29, 1.82) is 0 Å². The van der Waals surface area contributed by atoms with Crippen LogP contribution in [-0.2, 0) is 0 Å². The monoisotopic (exact) mass is 205 g/mol. The summed E-state index contributed by atoms with van der Waals surface area (Å²) in [6.45, 7) is 4.49. The van der Waals surface area contributed by atoms with Crippen molar-refractivity contribution in [3.8, 4) is 0 Å². The zero-order valence-electron chi connectivity index (χ0n) is 10.5. The van der Waals surface area contributed by atoms with Crippen molar-refractivity contribution in [2.24, 2.45) is 0 Å². The van der Waals surface area contributed by atoms with Crippen molar-refractivity contribution in [3.63, 3.8) is 0 Å². The second-order valence-electron chi connectivity index (χ2n) is 4.04. The molecule has 0 rings (SSSR count). The molecule has 0 saturated heterocycles. The average molecular weight is 205 g/mol. The Labute approximate surface area is 97.1 Å². The highest BCUT2D eigenvalue weighted by Crippen LogP contribution is 2.00. The minimum atomic E-state index is 1.23. The van der Waals surface area contributed by atoms with Crippen LogP contribution in [0.5, 0.6) is 0 Å². The van der Waals surface area contributed by atoms with Crippen molar-refractivity contribution in [2.75, 3.05) is 0 Å². The van der Waals surface area contributed by atoms with E-state index in [-0.39, 0.29) is 0 Å². The van der Waals surface area contributed by atoms with Crippen LogP contribution in [0, 0.1) is 0 Å². The first-order chi connectivity index (χ1) is 7.41. The quantitative estimate of drug-likeness (QED) is 0.352. The van der Waals surface area contributed by atoms with Gasteiger partial charge in [-0.1, -0.05) is 51.7 Å². The van der Waals surface area contributed by atoms with Crippen LogP contribution >= 0.6 is 0 Å². The lowest BCUT2D eigenvalue weighted by atomic mass is 9.78. The van der Waals surface area contributed by atoms with Crippen LogP contribution in [0.2, 0.25) is 0 Å². The zero-order valence-corrected chi connectivity index (χ0v) is 10.5. The summed E-state index contributed by atoms with van der Waals surface area (Å²) in [5, 5.41) is 0. The molecule has 0 spiro atoms. The third-order valence-corrected chi connectivity index (χ3v) is 2.44. The predicted molar refractivity (Wildman–Crippen MR) is 72.3 cm³/mol. The maximum atomic E-state index is 2.27. The van der Waals surface area contributed by atoms with Gasteiger partial charge in [-0.05, 0) is 25.7 Å². The van der Waals surface area contributed by atoms with E-state index in [1.807, 2.05) is 0 Å². The molecule has 15 heavy (non-hydrogen) atoms. The number of rotatable bonds is 10. The molecule has 1 radical (unpaired) electrons. The summed E-state index contributed by atoms with van der Waals surface area (Å²) in [5.74, 6) is 4.35. The van der Waals surface area contributed by atoms with Gasteiger partial charge in [0.1, 0.15) is 0 Å². The molecule has 85 valence electrons. The minimum absolute atomic E-state index is 1.23. The molecular formula is C14H26B. The summed E-state index contributed by atoms with van der Waals surface area (Å²) in [7, 11) is 2.15. The summed E-state index contributed by atoms with van der Waals surface area (Å²) in [5.41, 5.74) is 0. The fraction of sp³-hybridized carbons (Fsp3) is 0.714. The van der Waals surface area contributed by atoms with Crippen molar-refractivity contribution in [3.05, 3.63) is 24.1 Å². The van der Waals surface area contributed by atoms with Gasteiger partial charge < -0.3 is 0 Å². The van der Waals surface area contributed by atoms with E-state index in [0.29, 0.717) is 0 Å². The van der Waals surface area contributed by atoms with E-state index < -0.39 is 0 Å². The van der Waals surface area contributed by atoms with Gasteiger partial charge >= 0.3 is 0 Å². The first-order valence-electron chi connectivity index (χ1n) is 6.56. The molecule has 0 aliphatic carbocycles. The van der Waals surface area contributed by atoms with Gasteiger partial charge in [0, 0.05) is 0 Å². The van der Waals surface area contributed by atoms with Crippen LogP contribution in [0.4, 0.5) is 0 Å². The lowest BCUT2D eigenvalue weighted by Gasteiger charge is -1.91. The Hall–Kier alpha value is -0.455. The van der Waals surface area contributed by atoms with Gasteiger partial charge in [0.2, 0.25) is 0 Å². The molecule has 0 nitrogen and oxygen atoms in total. The van der Waals surface area contributed by atoms with Gasteiger partial charge in [0.15, 0.2) is 7.28 Å². The molecule has 0 N–H and O–H groups in total. The molecule has 0 aliphatic heterocycles. The van der Waals surface area contributed by atoms with E-state index in [1.54, 1.807) is 0 Å². The fourth-order valence-electron chi connectivity index (χ4n) is 1.44. The summed E-state index contributed by atoms with van der Waals surface area (Å²) < 4.78 is 0. The lowest BCUT2D eigenvalue weighted by Crippen LogP contribution is -1.78. The Bertz CT molecular complexity index is 141. The molecule has 0 atom stereocenters. The van der Waals surface area contributed by atoms with Crippen LogP contribution in [0.15, 0.2) is 24.1 Å². The predicted octanol–water partition coefficient (Wildman–Crippen LogP) is 4.88. The van der Waals surface area contributed by atoms with Crippen LogP contribution in [0.25, 0.3) is 0 Å². The van der Waals surface area contributed by atoms with Gasteiger partial charge in [-0.25, -0.2) is 0 Å². The maximum absolute atomic E-state index is 2.27. The van der Waals surface area contributed by atoms with E-state index >= 15 is 0 Å². The maximum Gasteiger partial charge on any atom is 0.170 e. The molecular weight excluding hydrogens is 179 g/mol. The van der Waals surface area contributed by atoms with Gasteiger partial charge in [-0.2, -0.15) is 0 Å². The normalized spacial score (nSPS) is 11.6. The van der Waals surface area contributed by atoms with E-state index in [1.165, 1.54) is 51.4 Å². The molecule has 0 aliphatic rings. The standard InChI is InChI=1S/C14H26B/c1-3-5-7-9-11-13-15-14-12-10-8-6-4-2/h11-14H,3-10H2,1-2H3. The number of unbranched alkanes of at least 4 members (excludes halogenated alkanes) is 6. The molecule has 0 heterocycles. The Morgan fingerprint density at radius 1 is 0.733 bits per heavy atom. The summed E-state index contributed by atoms with van der Waals surface area (Å²) in [4.78, 5) is 0. The van der Waals surface area contributed by atoms with E-state index in [2.05, 4.69) is 45.2 Å².